The average molecular weight is 406 g/mol. The first-order valence-electron chi connectivity index (χ1n) is 10.2. The largest absolute Gasteiger partial charge is 0.479 e. The van der Waals surface area contributed by atoms with Crippen LogP contribution in [-0.2, 0) is 18.4 Å². The zero-order chi connectivity index (χ0) is 20.0. The molecule has 1 rings (SSSR count). The molecular formula is C18H39NO5Si2. The maximum absolute atomic E-state index is 11.9. The summed E-state index contributed by atoms with van der Waals surface area (Å²) in [4.78, 5) is 11.9. The fourth-order valence-electron chi connectivity index (χ4n) is 3.96. The van der Waals surface area contributed by atoms with E-state index in [2.05, 4.69) is 41.5 Å². The smallest absolute Gasteiger partial charge is 0.335 e. The van der Waals surface area contributed by atoms with Gasteiger partial charge in [0.05, 0.1) is 6.10 Å². The Kier molecular flexibility index (Phi) is 9.45. The van der Waals surface area contributed by atoms with E-state index in [1.165, 1.54) is 0 Å². The Balaban J connectivity index is 3.24. The van der Waals surface area contributed by atoms with Gasteiger partial charge in [-0.2, -0.15) is 0 Å². The van der Waals surface area contributed by atoms with E-state index in [0.717, 1.165) is 36.3 Å². The van der Waals surface area contributed by atoms with Gasteiger partial charge in [-0.25, -0.2) is 4.79 Å². The van der Waals surface area contributed by atoms with Gasteiger partial charge >= 0.3 is 5.97 Å². The average Bonchev–Trinajstić information content (AvgIpc) is 3.01. The summed E-state index contributed by atoms with van der Waals surface area (Å²) in [6.45, 7) is 13.2. The van der Waals surface area contributed by atoms with E-state index in [1.807, 2.05) is 0 Å². The van der Waals surface area contributed by atoms with Crippen molar-refractivity contribution in [3.8, 4) is 0 Å². The van der Waals surface area contributed by atoms with Gasteiger partial charge in [0.25, 0.3) is 0 Å². The molecule has 1 saturated heterocycles. The molecule has 1 aliphatic heterocycles. The van der Waals surface area contributed by atoms with Crippen LogP contribution in [0.15, 0.2) is 0 Å². The van der Waals surface area contributed by atoms with E-state index in [4.69, 9.17) is 19.3 Å². The molecule has 1 aliphatic rings. The molecule has 26 heavy (non-hydrogen) atoms. The Bertz CT molecular complexity index is 427. The minimum Gasteiger partial charge on any atom is -0.479 e. The van der Waals surface area contributed by atoms with Crippen molar-refractivity contribution in [1.29, 1.82) is 0 Å². The Morgan fingerprint density at radius 2 is 1.27 bits per heavy atom. The first-order valence-corrected chi connectivity index (χ1v) is 15.3. The molecule has 0 radical (unpaired) electrons. The van der Waals surface area contributed by atoms with Crippen molar-refractivity contribution in [3.63, 3.8) is 0 Å². The highest BCUT2D eigenvalue weighted by atomic mass is 28.4. The Labute approximate surface area is 161 Å². The van der Waals surface area contributed by atoms with Crippen LogP contribution in [0.1, 0.15) is 41.5 Å². The Hall–Kier alpha value is -0.256. The molecule has 0 bridgehead atoms. The minimum atomic E-state index is -2.01. The summed E-state index contributed by atoms with van der Waals surface area (Å²) in [5.74, 6) is -0.984. The minimum absolute atomic E-state index is 0.245. The van der Waals surface area contributed by atoms with Gasteiger partial charge < -0.3 is 24.4 Å². The molecule has 0 spiro atoms. The standard InChI is InChI=1S/C18H39NO5Si2/c1-7-25(8-2,9-3)23-15-14(13-19)22-17(18(20)21)16(15)24-26(10-4,11-5)12-6/h14-17H,7-13,19H2,1-6H3,(H,20,21)/t14-,15-,16+,17?/m0/s1. The summed E-state index contributed by atoms with van der Waals surface area (Å²) in [6, 6.07) is 5.87. The number of carboxylic acids is 1. The summed E-state index contributed by atoms with van der Waals surface area (Å²) in [6.07, 6.45) is -2.37. The molecule has 0 aromatic carbocycles. The van der Waals surface area contributed by atoms with Crippen LogP contribution >= 0.6 is 0 Å². The molecule has 8 heteroatoms. The fraction of sp³-hybridized carbons (Fsp3) is 0.944. The number of ether oxygens (including phenoxy) is 1. The molecule has 0 aliphatic carbocycles. The fourth-order valence-corrected chi connectivity index (χ4v) is 9.66. The van der Waals surface area contributed by atoms with Crippen LogP contribution < -0.4 is 5.73 Å². The van der Waals surface area contributed by atoms with E-state index in [9.17, 15) is 9.90 Å². The van der Waals surface area contributed by atoms with Gasteiger partial charge in [0.15, 0.2) is 22.7 Å². The molecular weight excluding hydrogens is 366 g/mol. The number of hydrogen-bond donors (Lipinski definition) is 2. The van der Waals surface area contributed by atoms with E-state index in [-0.39, 0.29) is 12.6 Å². The lowest BCUT2D eigenvalue weighted by molar-refractivity contribution is -0.152. The number of nitrogens with two attached hydrogens (primary N) is 1. The zero-order valence-electron chi connectivity index (χ0n) is 17.4. The highest BCUT2D eigenvalue weighted by Crippen LogP contribution is 2.36. The summed E-state index contributed by atoms with van der Waals surface area (Å²) >= 11 is 0. The van der Waals surface area contributed by atoms with Crippen molar-refractivity contribution < 1.29 is 23.5 Å². The van der Waals surface area contributed by atoms with Crippen molar-refractivity contribution >= 4 is 22.6 Å². The van der Waals surface area contributed by atoms with Gasteiger partial charge in [-0.15, -0.1) is 0 Å². The first-order chi connectivity index (χ1) is 12.3. The number of hydrogen-bond acceptors (Lipinski definition) is 5. The van der Waals surface area contributed by atoms with Crippen LogP contribution in [0.5, 0.6) is 0 Å². The SMILES string of the molecule is CC[Si](CC)(CC)O[C@H]1[C@H](CN)OC(C(=O)O)[C@@H]1O[Si](CC)(CC)CC. The Morgan fingerprint density at radius 1 is 0.885 bits per heavy atom. The van der Waals surface area contributed by atoms with Gasteiger partial charge in [-0.3, -0.25) is 0 Å². The van der Waals surface area contributed by atoms with Crippen LogP contribution in [0.3, 0.4) is 0 Å². The lowest BCUT2D eigenvalue weighted by Crippen LogP contribution is -2.53. The van der Waals surface area contributed by atoms with E-state index in [1.54, 1.807) is 0 Å². The molecule has 1 fully saturated rings. The van der Waals surface area contributed by atoms with E-state index >= 15 is 0 Å². The van der Waals surface area contributed by atoms with Crippen molar-refractivity contribution in [1.82, 2.24) is 0 Å². The summed E-state index contributed by atoms with van der Waals surface area (Å²) in [5, 5.41) is 9.73. The van der Waals surface area contributed by atoms with Crippen LogP contribution in [0.2, 0.25) is 36.3 Å². The molecule has 4 atom stereocenters. The lowest BCUT2D eigenvalue weighted by atomic mass is 10.1. The molecule has 1 unspecified atom stereocenters. The monoisotopic (exact) mass is 405 g/mol. The summed E-state index contributed by atoms with van der Waals surface area (Å²) in [7, 11) is -3.95. The molecule has 0 saturated carbocycles. The third-order valence-corrected chi connectivity index (χ3v) is 15.7. The van der Waals surface area contributed by atoms with Gasteiger partial charge in [0.1, 0.15) is 12.2 Å². The zero-order valence-corrected chi connectivity index (χ0v) is 19.4. The molecule has 1 heterocycles. The maximum Gasteiger partial charge on any atom is 0.335 e. The molecule has 0 aromatic heterocycles. The molecule has 0 amide bonds. The lowest BCUT2D eigenvalue weighted by Gasteiger charge is -2.39. The third-order valence-electron chi connectivity index (χ3n) is 6.42. The highest BCUT2D eigenvalue weighted by molar-refractivity contribution is 6.74. The second-order valence-electron chi connectivity index (χ2n) is 7.32. The van der Waals surface area contributed by atoms with Crippen LogP contribution in [-0.4, -0.2) is 58.7 Å². The van der Waals surface area contributed by atoms with Gasteiger partial charge in [-0.1, -0.05) is 41.5 Å². The van der Waals surface area contributed by atoms with Gasteiger partial charge in [0.2, 0.25) is 0 Å². The quantitative estimate of drug-likeness (QED) is 0.482. The van der Waals surface area contributed by atoms with Gasteiger partial charge in [0, 0.05) is 6.54 Å². The molecule has 3 N–H and O–H groups in total. The highest BCUT2D eigenvalue weighted by Gasteiger charge is 2.53. The number of carboxylic acid groups (broad SMARTS) is 1. The van der Waals surface area contributed by atoms with Crippen LogP contribution in [0.25, 0.3) is 0 Å². The first kappa shape index (κ1) is 23.8. The number of rotatable bonds is 12. The van der Waals surface area contributed by atoms with E-state index < -0.39 is 40.9 Å². The third kappa shape index (κ3) is 4.96. The molecule has 0 aromatic rings. The topological polar surface area (TPSA) is 91.0 Å². The van der Waals surface area contributed by atoms with Crippen LogP contribution in [0.4, 0.5) is 0 Å². The number of carbonyl (C=O) groups is 1. The predicted octanol–water partition coefficient (Wildman–Crippen LogP) is 3.58. The predicted molar refractivity (Wildman–Crippen MR) is 109 cm³/mol. The van der Waals surface area contributed by atoms with Crippen molar-refractivity contribution in [2.45, 2.75) is 102 Å². The maximum atomic E-state index is 11.9. The van der Waals surface area contributed by atoms with Crippen molar-refractivity contribution in [3.05, 3.63) is 0 Å². The molecule has 154 valence electrons. The summed E-state index contributed by atoms with van der Waals surface area (Å²) < 4.78 is 19.1. The summed E-state index contributed by atoms with van der Waals surface area (Å²) in [5.41, 5.74) is 5.93. The Morgan fingerprint density at radius 3 is 1.58 bits per heavy atom. The number of aliphatic carboxylic acids is 1. The van der Waals surface area contributed by atoms with Crippen molar-refractivity contribution in [2.75, 3.05) is 6.54 Å². The second-order valence-corrected chi connectivity index (χ2v) is 16.8. The van der Waals surface area contributed by atoms with Crippen molar-refractivity contribution in [2.24, 2.45) is 5.73 Å². The van der Waals surface area contributed by atoms with Crippen LogP contribution in [0, 0.1) is 0 Å². The molecule has 6 nitrogen and oxygen atoms in total. The van der Waals surface area contributed by atoms with Gasteiger partial charge in [-0.05, 0) is 36.3 Å². The normalized spacial score (nSPS) is 27.0. The second kappa shape index (κ2) is 10.3. The van der Waals surface area contributed by atoms with E-state index in [0.29, 0.717) is 0 Å².